The lowest BCUT2D eigenvalue weighted by Crippen LogP contribution is -3.05. The molecule has 0 aromatic heterocycles. The molecule has 3 aromatic rings. The van der Waals surface area contributed by atoms with Gasteiger partial charge in [-0.15, -0.1) is 0 Å². The molecule has 4 rings (SSSR count). The average Bonchev–Trinajstić information content (AvgIpc) is 2.97. The number of anilines is 1. The second-order valence-corrected chi connectivity index (χ2v) is 9.66. The number of hydrogen-bond acceptors (Lipinski definition) is 4. The van der Waals surface area contributed by atoms with Crippen molar-refractivity contribution < 1.29 is 31.6 Å². The first-order valence-corrected chi connectivity index (χ1v) is 12.3. The number of amides is 2. The van der Waals surface area contributed by atoms with Gasteiger partial charge >= 0.3 is 0 Å². The van der Waals surface area contributed by atoms with Gasteiger partial charge in [0.15, 0.2) is 0 Å². The topological polar surface area (TPSA) is 71.9 Å². The van der Waals surface area contributed by atoms with Crippen molar-refractivity contribution in [3.05, 3.63) is 83.4 Å². The number of benzene rings is 3. The quantitative estimate of drug-likeness (QED) is 0.361. The van der Waals surface area contributed by atoms with Crippen LogP contribution in [0.1, 0.15) is 32.7 Å². The maximum atomic E-state index is 12.7. The van der Waals surface area contributed by atoms with E-state index in [0.717, 1.165) is 40.5 Å². The van der Waals surface area contributed by atoms with Crippen molar-refractivity contribution >= 4 is 29.3 Å². The fourth-order valence-corrected chi connectivity index (χ4v) is 4.71. The zero-order valence-electron chi connectivity index (χ0n) is 19.9. The molecule has 0 radical (unpaired) electrons. The monoisotopic (exact) mass is 511 g/mol. The van der Waals surface area contributed by atoms with E-state index in [1.165, 1.54) is 16.7 Å². The minimum Gasteiger partial charge on any atom is -1.00 e. The minimum atomic E-state index is -0.161. The molecule has 3 N–H and O–H groups in total. The van der Waals surface area contributed by atoms with E-state index in [2.05, 4.69) is 24.7 Å². The summed E-state index contributed by atoms with van der Waals surface area (Å²) < 4.78 is 5.78. The fraction of sp³-hybridized carbons (Fsp3) is 0.259. The second kappa shape index (κ2) is 12.6. The molecule has 35 heavy (non-hydrogen) atoms. The van der Waals surface area contributed by atoms with Gasteiger partial charge < -0.3 is 32.7 Å². The van der Waals surface area contributed by atoms with Gasteiger partial charge in [-0.05, 0) is 54.4 Å². The molecule has 1 aliphatic heterocycles. The lowest BCUT2D eigenvalue weighted by molar-refractivity contribution is -0.858. The maximum absolute atomic E-state index is 12.7. The molecule has 0 atom stereocenters. The van der Waals surface area contributed by atoms with Crippen LogP contribution in [0.3, 0.4) is 0 Å². The molecular weight excluding hydrogens is 482 g/mol. The summed E-state index contributed by atoms with van der Waals surface area (Å²) in [4.78, 5) is 28.5. The second-order valence-electron chi connectivity index (χ2n) is 8.57. The Morgan fingerprint density at radius 1 is 1.03 bits per heavy atom. The van der Waals surface area contributed by atoms with Crippen LogP contribution < -0.4 is 32.7 Å². The highest BCUT2D eigenvalue weighted by molar-refractivity contribution is 7.99. The highest BCUT2D eigenvalue weighted by Crippen LogP contribution is 2.38. The van der Waals surface area contributed by atoms with Crippen LogP contribution in [0.2, 0.25) is 0 Å². The summed E-state index contributed by atoms with van der Waals surface area (Å²) in [6, 6.07) is 20.9. The molecule has 0 spiro atoms. The van der Waals surface area contributed by atoms with E-state index >= 15 is 0 Å². The summed E-state index contributed by atoms with van der Waals surface area (Å²) in [5.74, 6) is 0.547. The van der Waals surface area contributed by atoms with E-state index in [0.29, 0.717) is 30.0 Å². The van der Waals surface area contributed by atoms with E-state index in [-0.39, 0.29) is 24.2 Å². The summed E-state index contributed by atoms with van der Waals surface area (Å²) in [5.41, 5.74) is 2.95. The van der Waals surface area contributed by atoms with Gasteiger partial charge in [-0.1, -0.05) is 36.0 Å². The van der Waals surface area contributed by atoms with Crippen molar-refractivity contribution in [1.82, 2.24) is 5.32 Å². The van der Waals surface area contributed by atoms with Crippen LogP contribution in [0.5, 0.6) is 5.75 Å². The smallest absolute Gasteiger partial charge is 0.256 e. The Morgan fingerprint density at radius 2 is 1.80 bits per heavy atom. The number of carbonyl (C=O) groups is 2. The van der Waals surface area contributed by atoms with Crippen LogP contribution in [0.4, 0.5) is 5.69 Å². The predicted molar refractivity (Wildman–Crippen MR) is 135 cm³/mol. The molecule has 184 valence electrons. The van der Waals surface area contributed by atoms with Crippen molar-refractivity contribution in [2.75, 3.05) is 39.1 Å². The molecule has 0 saturated carbocycles. The first kappa shape index (κ1) is 26.6. The molecule has 6 nitrogen and oxygen atoms in total. The van der Waals surface area contributed by atoms with Crippen LogP contribution in [-0.4, -0.2) is 45.6 Å². The average molecular weight is 512 g/mol. The Balaban J connectivity index is 0.00000342. The third kappa shape index (κ3) is 7.24. The normalized spacial score (nSPS) is 12.0. The van der Waals surface area contributed by atoms with E-state index in [9.17, 15) is 9.59 Å². The lowest BCUT2D eigenvalue weighted by atomic mass is 10.1. The zero-order valence-corrected chi connectivity index (χ0v) is 21.5. The summed E-state index contributed by atoms with van der Waals surface area (Å²) >= 11 is 1.52. The minimum absolute atomic E-state index is 0. The van der Waals surface area contributed by atoms with Gasteiger partial charge in [0.1, 0.15) is 5.75 Å². The van der Waals surface area contributed by atoms with Crippen molar-refractivity contribution in [3.63, 3.8) is 0 Å². The Bertz CT molecular complexity index is 1170. The zero-order chi connectivity index (χ0) is 23.9. The van der Waals surface area contributed by atoms with Gasteiger partial charge in [-0.3, -0.25) is 9.59 Å². The van der Waals surface area contributed by atoms with Gasteiger partial charge in [0.05, 0.1) is 38.5 Å². The molecule has 3 aromatic carbocycles. The third-order valence-electron chi connectivity index (χ3n) is 5.55. The Labute approximate surface area is 216 Å². The fourth-order valence-electron chi connectivity index (χ4n) is 3.70. The Morgan fingerprint density at radius 3 is 2.57 bits per heavy atom. The molecule has 0 fully saturated rings. The molecule has 0 unspecified atom stereocenters. The van der Waals surface area contributed by atoms with Gasteiger partial charge in [0.2, 0.25) is 0 Å². The number of hydrogen-bond donors (Lipinski definition) is 3. The first-order valence-electron chi connectivity index (χ1n) is 11.5. The summed E-state index contributed by atoms with van der Waals surface area (Å²) in [6.45, 7) is 2.32. The highest BCUT2D eigenvalue weighted by atomic mass is 35.5. The highest BCUT2D eigenvalue weighted by Gasteiger charge is 2.20. The largest absolute Gasteiger partial charge is 1.00 e. The van der Waals surface area contributed by atoms with E-state index in [1.54, 1.807) is 12.1 Å². The number of rotatable bonds is 9. The standard InChI is InChI=1S/C27H29N3O3S.ClH/c1-30(2)16-5-17-33-21-11-8-19(9-12-21)14-15-28-26(31)20-10-13-25-23(18-20)29-27(32)22-6-3-4-7-24(22)34-25;/h3-4,6-13,18H,5,14-17H2,1-2H3,(H,28,31)(H,29,32);1H. The number of nitrogens with one attached hydrogen (secondary N) is 3. The van der Waals surface area contributed by atoms with Crippen LogP contribution in [0, 0.1) is 0 Å². The maximum Gasteiger partial charge on any atom is 0.256 e. The SMILES string of the molecule is C[NH+](C)CCCOc1ccc(CCNC(=O)c2ccc3c(c2)NC(=O)c2ccccc2S3)cc1.[Cl-]. The van der Waals surface area contributed by atoms with Crippen molar-refractivity contribution in [1.29, 1.82) is 0 Å². The number of ether oxygens (including phenoxy) is 1. The molecule has 0 aliphatic carbocycles. The molecule has 0 saturated heterocycles. The van der Waals surface area contributed by atoms with Crippen LogP contribution in [0.25, 0.3) is 0 Å². The van der Waals surface area contributed by atoms with Crippen molar-refractivity contribution in [3.8, 4) is 5.75 Å². The van der Waals surface area contributed by atoms with Crippen LogP contribution >= 0.6 is 11.8 Å². The summed E-state index contributed by atoms with van der Waals surface area (Å²) in [6.07, 6.45) is 1.75. The van der Waals surface area contributed by atoms with Crippen molar-refractivity contribution in [2.24, 2.45) is 0 Å². The van der Waals surface area contributed by atoms with E-state index < -0.39 is 0 Å². The Kier molecular flexibility index (Phi) is 9.60. The predicted octanol–water partition coefficient (Wildman–Crippen LogP) is 0.293. The molecule has 8 heteroatoms. The molecule has 1 heterocycles. The number of halogens is 1. The van der Waals surface area contributed by atoms with Crippen LogP contribution in [-0.2, 0) is 6.42 Å². The van der Waals surface area contributed by atoms with Gasteiger partial charge in [0, 0.05) is 28.3 Å². The van der Waals surface area contributed by atoms with Gasteiger partial charge in [0.25, 0.3) is 11.8 Å². The molecule has 1 aliphatic rings. The van der Waals surface area contributed by atoms with Gasteiger partial charge in [-0.25, -0.2) is 0 Å². The van der Waals surface area contributed by atoms with Gasteiger partial charge in [-0.2, -0.15) is 0 Å². The summed E-state index contributed by atoms with van der Waals surface area (Å²) in [7, 11) is 4.27. The van der Waals surface area contributed by atoms with Crippen molar-refractivity contribution in [2.45, 2.75) is 22.6 Å². The van der Waals surface area contributed by atoms with E-state index in [4.69, 9.17) is 4.74 Å². The van der Waals surface area contributed by atoms with Crippen LogP contribution in [0.15, 0.2) is 76.5 Å². The van der Waals surface area contributed by atoms with E-state index in [1.807, 2.05) is 54.6 Å². The number of quaternary nitrogens is 1. The number of carbonyl (C=O) groups excluding carboxylic acids is 2. The summed E-state index contributed by atoms with van der Waals surface area (Å²) in [5, 5.41) is 5.91. The molecular formula is C27H30ClN3O3S. The molecule has 0 bridgehead atoms. The molecule has 2 amide bonds. The first-order chi connectivity index (χ1) is 16.5. The number of fused-ring (bicyclic) bond motifs is 2. The Hall–Kier alpha value is -3.00. The lowest BCUT2D eigenvalue weighted by Gasteiger charge is -2.11. The third-order valence-corrected chi connectivity index (χ3v) is 6.71.